The minimum atomic E-state index is -0.703. The van der Waals surface area contributed by atoms with Crippen LogP contribution < -0.4 is 5.73 Å². The smallest absolute Gasteiger partial charge is 0.102 e. The van der Waals surface area contributed by atoms with Gasteiger partial charge in [0.1, 0.15) is 5.54 Å². The quantitative estimate of drug-likeness (QED) is 0.884. The molecule has 0 saturated heterocycles. The van der Waals surface area contributed by atoms with Gasteiger partial charge in [-0.3, -0.25) is 4.90 Å². The van der Waals surface area contributed by atoms with E-state index in [4.69, 9.17) is 11.0 Å². The third kappa shape index (κ3) is 3.32. The number of nitriles is 1. The Balaban J connectivity index is 1.98. The van der Waals surface area contributed by atoms with Crippen molar-refractivity contribution in [2.24, 2.45) is 5.73 Å². The summed E-state index contributed by atoms with van der Waals surface area (Å²) in [5.41, 5.74) is 8.07. The number of hydrogen-bond acceptors (Lipinski definition) is 3. The SMILES string of the molecule is CC(N)(C#N)CCN1CCCc2ccccc2C1. The summed E-state index contributed by atoms with van der Waals surface area (Å²) in [6, 6.07) is 10.8. The summed E-state index contributed by atoms with van der Waals surface area (Å²) in [7, 11) is 0. The van der Waals surface area contributed by atoms with Crippen LogP contribution in [0.25, 0.3) is 0 Å². The van der Waals surface area contributed by atoms with Crippen molar-refractivity contribution in [3.8, 4) is 6.07 Å². The fraction of sp³-hybridized carbons (Fsp3) is 0.533. The van der Waals surface area contributed by atoms with Crippen LogP contribution in [0.4, 0.5) is 0 Å². The van der Waals surface area contributed by atoms with E-state index < -0.39 is 5.54 Å². The minimum Gasteiger partial charge on any atom is -0.314 e. The number of nitrogens with two attached hydrogens (primary N) is 1. The van der Waals surface area contributed by atoms with Gasteiger partial charge in [-0.25, -0.2) is 0 Å². The van der Waals surface area contributed by atoms with E-state index in [1.807, 2.05) is 0 Å². The van der Waals surface area contributed by atoms with Gasteiger partial charge in [-0.05, 0) is 43.9 Å². The van der Waals surface area contributed by atoms with Gasteiger partial charge in [-0.2, -0.15) is 5.26 Å². The van der Waals surface area contributed by atoms with Gasteiger partial charge in [0.2, 0.25) is 0 Å². The second-order valence-electron chi connectivity index (χ2n) is 5.43. The molecule has 1 heterocycles. The molecule has 0 bridgehead atoms. The average molecular weight is 243 g/mol. The average Bonchev–Trinajstić information content (AvgIpc) is 2.58. The highest BCUT2D eigenvalue weighted by Crippen LogP contribution is 2.19. The van der Waals surface area contributed by atoms with Gasteiger partial charge >= 0.3 is 0 Å². The molecular formula is C15H21N3. The van der Waals surface area contributed by atoms with Crippen molar-refractivity contribution in [2.45, 2.75) is 38.3 Å². The molecule has 0 saturated carbocycles. The van der Waals surface area contributed by atoms with Crippen molar-refractivity contribution in [1.29, 1.82) is 5.26 Å². The first-order valence-corrected chi connectivity index (χ1v) is 6.60. The van der Waals surface area contributed by atoms with Crippen molar-refractivity contribution < 1.29 is 0 Å². The first-order valence-electron chi connectivity index (χ1n) is 6.60. The molecule has 0 fully saturated rings. The lowest BCUT2D eigenvalue weighted by atomic mass is 10.0. The summed E-state index contributed by atoms with van der Waals surface area (Å²) in [5, 5.41) is 8.94. The maximum atomic E-state index is 8.94. The molecule has 18 heavy (non-hydrogen) atoms. The fourth-order valence-corrected chi connectivity index (χ4v) is 2.41. The van der Waals surface area contributed by atoms with E-state index in [1.165, 1.54) is 17.5 Å². The summed E-state index contributed by atoms with van der Waals surface area (Å²) in [6.07, 6.45) is 3.07. The lowest BCUT2D eigenvalue weighted by Crippen LogP contribution is -2.38. The first kappa shape index (κ1) is 13.1. The van der Waals surface area contributed by atoms with Crippen LogP contribution in [0.15, 0.2) is 24.3 Å². The van der Waals surface area contributed by atoms with Gasteiger partial charge in [-0.15, -0.1) is 0 Å². The lowest BCUT2D eigenvalue weighted by molar-refractivity contribution is 0.251. The topological polar surface area (TPSA) is 53.1 Å². The molecule has 96 valence electrons. The largest absolute Gasteiger partial charge is 0.314 e. The van der Waals surface area contributed by atoms with Crippen LogP contribution in [0, 0.1) is 11.3 Å². The van der Waals surface area contributed by atoms with Crippen LogP contribution in [0.2, 0.25) is 0 Å². The number of rotatable bonds is 3. The molecule has 2 rings (SSSR count). The van der Waals surface area contributed by atoms with E-state index in [2.05, 4.69) is 35.2 Å². The zero-order chi connectivity index (χ0) is 13.0. The maximum absolute atomic E-state index is 8.94. The Morgan fingerprint density at radius 3 is 2.83 bits per heavy atom. The summed E-state index contributed by atoms with van der Waals surface area (Å²) in [5.74, 6) is 0. The normalized spacial score (nSPS) is 19.4. The van der Waals surface area contributed by atoms with Crippen LogP contribution in [-0.2, 0) is 13.0 Å². The predicted molar refractivity (Wildman–Crippen MR) is 72.9 cm³/mol. The molecule has 0 amide bonds. The van der Waals surface area contributed by atoms with E-state index in [0.29, 0.717) is 0 Å². The Kier molecular flexibility index (Phi) is 4.00. The highest BCUT2D eigenvalue weighted by Gasteiger charge is 2.20. The molecule has 2 N–H and O–H groups in total. The second-order valence-corrected chi connectivity index (χ2v) is 5.43. The molecule has 1 aromatic rings. The molecule has 3 heteroatoms. The fourth-order valence-electron chi connectivity index (χ4n) is 2.41. The molecule has 3 nitrogen and oxygen atoms in total. The Bertz CT molecular complexity index is 445. The van der Waals surface area contributed by atoms with Crippen LogP contribution >= 0.6 is 0 Å². The van der Waals surface area contributed by atoms with Crippen LogP contribution in [-0.4, -0.2) is 23.5 Å². The molecule has 0 spiro atoms. The van der Waals surface area contributed by atoms with Gasteiger partial charge in [0.25, 0.3) is 0 Å². The summed E-state index contributed by atoms with van der Waals surface area (Å²) in [4.78, 5) is 2.41. The van der Waals surface area contributed by atoms with Crippen molar-refractivity contribution in [3.05, 3.63) is 35.4 Å². The highest BCUT2D eigenvalue weighted by molar-refractivity contribution is 5.28. The molecule has 1 aliphatic heterocycles. The number of fused-ring (bicyclic) bond motifs is 1. The zero-order valence-corrected chi connectivity index (χ0v) is 11.0. The van der Waals surface area contributed by atoms with Crippen molar-refractivity contribution >= 4 is 0 Å². The summed E-state index contributed by atoms with van der Waals surface area (Å²) >= 11 is 0. The third-order valence-electron chi connectivity index (χ3n) is 3.64. The minimum absolute atomic E-state index is 0.703. The summed E-state index contributed by atoms with van der Waals surface area (Å²) in [6.45, 7) is 4.78. The van der Waals surface area contributed by atoms with Crippen molar-refractivity contribution in [1.82, 2.24) is 4.90 Å². The van der Waals surface area contributed by atoms with Crippen molar-refractivity contribution in [2.75, 3.05) is 13.1 Å². The molecule has 1 aromatic carbocycles. The van der Waals surface area contributed by atoms with Gasteiger partial charge in [-0.1, -0.05) is 24.3 Å². The molecule has 1 unspecified atom stereocenters. The van der Waals surface area contributed by atoms with E-state index in [-0.39, 0.29) is 0 Å². The van der Waals surface area contributed by atoms with Gasteiger partial charge < -0.3 is 5.73 Å². The standard InChI is InChI=1S/C15H21N3/c1-15(17,12-16)8-10-18-9-4-7-13-5-2-3-6-14(13)11-18/h2-3,5-6H,4,7-11,17H2,1H3. The third-order valence-corrected chi connectivity index (χ3v) is 3.64. The Morgan fingerprint density at radius 2 is 2.11 bits per heavy atom. The van der Waals surface area contributed by atoms with Crippen molar-refractivity contribution in [3.63, 3.8) is 0 Å². The molecule has 0 aliphatic carbocycles. The number of nitrogens with zero attached hydrogens (tertiary/aromatic N) is 2. The Labute approximate surface area is 109 Å². The van der Waals surface area contributed by atoms with Gasteiger partial charge in [0.05, 0.1) is 6.07 Å². The molecule has 1 atom stereocenters. The molecule has 1 aliphatic rings. The summed E-state index contributed by atoms with van der Waals surface area (Å²) < 4.78 is 0. The number of aryl methyl sites for hydroxylation is 1. The van der Waals surface area contributed by atoms with Gasteiger partial charge in [0, 0.05) is 13.1 Å². The zero-order valence-electron chi connectivity index (χ0n) is 11.0. The number of benzene rings is 1. The maximum Gasteiger partial charge on any atom is 0.102 e. The highest BCUT2D eigenvalue weighted by atomic mass is 15.1. The number of hydrogen-bond donors (Lipinski definition) is 1. The Morgan fingerprint density at radius 1 is 1.39 bits per heavy atom. The second kappa shape index (κ2) is 5.51. The van der Waals surface area contributed by atoms with E-state index in [1.54, 1.807) is 6.92 Å². The first-order chi connectivity index (χ1) is 8.61. The predicted octanol–water partition coefficient (Wildman–Crippen LogP) is 2.07. The van der Waals surface area contributed by atoms with E-state index in [9.17, 15) is 0 Å². The van der Waals surface area contributed by atoms with E-state index in [0.717, 1.165) is 32.5 Å². The Hall–Kier alpha value is -1.37. The molecular weight excluding hydrogens is 222 g/mol. The molecule has 0 aromatic heterocycles. The van der Waals surface area contributed by atoms with Crippen LogP contribution in [0.3, 0.4) is 0 Å². The van der Waals surface area contributed by atoms with Crippen LogP contribution in [0.1, 0.15) is 30.9 Å². The van der Waals surface area contributed by atoms with Crippen LogP contribution in [0.5, 0.6) is 0 Å². The van der Waals surface area contributed by atoms with E-state index >= 15 is 0 Å². The lowest BCUT2D eigenvalue weighted by Gasteiger charge is -2.24. The van der Waals surface area contributed by atoms with Gasteiger partial charge in [0.15, 0.2) is 0 Å². The molecule has 0 radical (unpaired) electrons. The monoisotopic (exact) mass is 243 g/mol.